The summed E-state index contributed by atoms with van der Waals surface area (Å²) in [5, 5.41) is 8.75. The van der Waals surface area contributed by atoms with Crippen LogP contribution in [0, 0.1) is 12.7 Å². The second-order valence-corrected chi connectivity index (χ2v) is 3.35. The molecular weight excluding hydrogens is 212 g/mol. The average molecular weight is 222 g/mol. The van der Waals surface area contributed by atoms with Gasteiger partial charge in [0.2, 0.25) is 0 Å². The first kappa shape index (κ1) is 12.0. The van der Waals surface area contributed by atoms with Crippen molar-refractivity contribution in [3.8, 4) is 0 Å². The number of rotatable bonds is 2. The lowest BCUT2D eigenvalue weighted by Gasteiger charge is -2.14. The van der Waals surface area contributed by atoms with Crippen molar-refractivity contribution in [1.29, 1.82) is 0 Å². The van der Waals surface area contributed by atoms with E-state index in [0.29, 0.717) is 5.56 Å². The van der Waals surface area contributed by atoms with Crippen molar-refractivity contribution in [2.75, 3.05) is 0 Å². The van der Waals surface area contributed by atoms with Crippen LogP contribution in [0.1, 0.15) is 11.1 Å². The van der Waals surface area contributed by atoms with Gasteiger partial charge in [0.05, 0.1) is 0 Å². The summed E-state index contributed by atoms with van der Waals surface area (Å²) in [6.07, 6.45) is -7.73. The smallest absolute Gasteiger partial charge is 0.383 e. The van der Waals surface area contributed by atoms with Gasteiger partial charge < -0.3 is 5.11 Å². The van der Waals surface area contributed by atoms with Crippen LogP contribution < -0.4 is 0 Å². The molecule has 0 spiro atoms. The first-order chi connectivity index (χ1) is 6.80. The zero-order valence-corrected chi connectivity index (χ0v) is 7.98. The predicted octanol–water partition coefficient (Wildman–Crippen LogP) is 2.60. The van der Waals surface area contributed by atoms with Crippen molar-refractivity contribution in [1.82, 2.24) is 0 Å². The van der Waals surface area contributed by atoms with Crippen molar-refractivity contribution in [3.05, 3.63) is 35.1 Å². The third kappa shape index (κ3) is 3.20. The van der Waals surface area contributed by atoms with Crippen LogP contribution in [0.4, 0.5) is 17.6 Å². The fourth-order valence-corrected chi connectivity index (χ4v) is 1.10. The third-order valence-corrected chi connectivity index (χ3v) is 2.04. The highest BCUT2D eigenvalue weighted by Crippen LogP contribution is 2.23. The molecule has 1 aromatic rings. The summed E-state index contributed by atoms with van der Waals surface area (Å²) in [6.45, 7) is 1.51. The lowest BCUT2D eigenvalue weighted by molar-refractivity contribution is -0.203. The fourth-order valence-electron chi connectivity index (χ4n) is 1.10. The standard InChI is InChI=1S/C10H10F4O/c1-6-2-3-7(4-8(6)11)5-9(15)10(12,13)14/h2-4,9,15H,5H2,1H3. The van der Waals surface area contributed by atoms with Crippen LogP contribution in [0.5, 0.6) is 0 Å². The van der Waals surface area contributed by atoms with Crippen LogP contribution in [0.3, 0.4) is 0 Å². The molecule has 0 saturated carbocycles. The Morgan fingerprint density at radius 3 is 2.40 bits per heavy atom. The lowest BCUT2D eigenvalue weighted by Crippen LogP contribution is -2.30. The number of aliphatic hydroxyl groups excluding tert-OH is 1. The van der Waals surface area contributed by atoms with Gasteiger partial charge in [-0.05, 0) is 24.1 Å². The Bertz CT molecular complexity index is 346. The SMILES string of the molecule is Cc1ccc(CC(O)C(F)(F)F)cc1F. The molecule has 0 heterocycles. The number of alkyl halides is 3. The molecule has 0 aromatic heterocycles. The summed E-state index contributed by atoms with van der Waals surface area (Å²) in [4.78, 5) is 0. The maximum atomic E-state index is 13.0. The van der Waals surface area contributed by atoms with Gasteiger partial charge in [0.15, 0.2) is 6.10 Å². The minimum absolute atomic E-state index is 0.128. The number of halogens is 4. The number of aliphatic hydroxyl groups is 1. The molecule has 1 unspecified atom stereocenters. The van der Waals surface area contributed by atoms with Crippen molar-refractivity contribution < 1.29 is 22.7 Å². The Morgan fingerprint density at radius 2 is 1.93 bits per heavy atom. The Hall–Kier alpha value is -1.10. The summed E-state index contributed by atoms with van der Waals surface area (Å²) >= 11 is 0. The van der Waals surface area contributed by atoms with Gasteiger partial charge in [-0.1, -0.05) is 12.1 Å². The van der Waals surface area contributed by atoms with E-state index >= 15 is 0 Å². The van der Waals surface area contributed by atoms with E-state index in [9.17, 15) is 17.6 Å². The number of hydrogen-bond donors (Lipinski definition) is 1. The highest BCUT2D eigenvalue weighted by atomic mass is 19.4. The monoisotopic (exact) mass is 222 g/mol. The number of hydrogen-bond acceptors (Lipinski definition) is 1. The van der Waals surface area contributed by atoms with Gasteiger partial charge in [0.1, 0.15) is 5.82 Å². The molecule has 0 aliphatic carbocycles. The summed E-state index contributed by atoms with van der Waals surface area (Å²) in [7, 11) is 0. The molecule has 1 nitrogen and oxygen atoms in total. The highest BCUT2D eigenvalue weighted by Gasteiger charge is 2.37. The van der Waals surface area contributed by atoms with E-state index in [1.165, 1.54) is 19.1 Å². The van der Waals surface area contributed by atoms with Crippen LogP contribution >= 0.6 is 0 Å². The molecule has 0 aliphatic rings. The van der Waals surface area contributed by atoms with E-state index < -0.39 is 24.5 Å². The third-order valence-electron chi connectivity index (χ3n) is 2.04. The maximum absolute atomic E-state index is 13.0. The van der Waals surface area contributed by atoms with Crippen molar-refractivity contribution in [3.63, 3.8) is 0 Å². The molecule has 1 N–H and O–H groups in total. The normalized spacial score (nSPS) is 14.0. The van der Waals surface area contributed by atoms with Gasteiger partial charge in [-0.2, -0.15) is 13.2 Å². The van der Waals surface area contributed by atoms with E-state index in [-0.39, 0.29) is 5.56 Å². The van der Waals surface area contributed by atoms with E-state index in [1.54, 1.807) is 0 Å². The second-order valence-electron chi connectivity index (χ2n) is 3.35. The Labute approximate surface area is 84.3 Å². The minimum atomic E-state index is -4.67. The van der Waals surface area contributed by atoms with Gasteiger partial charge in [0, 0.05) is 6.42 Å². The topological polar surface area (TPSA) is 20.2 Å². The predicted molar refractivity (Wildman–Crippen MR) is 46.9 cm³/mol. The summed E-state index contributed by atoms with van der Waals surface area (Å²) in [5.41, 5.74) is 0.489. The lowest BCUT2D eigenvalue weighted by atomic mass is 10.1. The molecule has 15 heavy (non-hydrogen) atoms. The van der Waals surface area contributed by atoms with Crippen LogP contribution in [0.25, 0.3) is 0 Å². The summed E-state index contributed by atoms with van der Waals surface area (Å²) in [5.74, 6) is -0.568. The van der Waals surface area contributed by atoms with Gasteiger partial charge in [-0.25, -0.2) is 4.39 Å². The van der Waals surface area contributed by atoms with Crippen molar-refractivity contribution in [2.24, 2.45) is 0 Å². The zero-order valence-electron chi connectivity index (χ0n) is 7.98. The van der Waals surface area contributed by atoms with Gasteiger partial charge >= 0.3 is 6.18 Å². The fraction of sp³-hybridized carbons (Fsp3) is 0.400. The van der Waals surface area contributed by atoms with Gasteiger partial charge in [0.25, 0.3) is 0 Å². The number of benzene rings is 1. The zero-order chi connectivity index (χ0) is 11.6. The first-order valence-electron chi connectivity index (χ1n) is 4.30. The molecule has 0 amide bonds. The number of aryl methyl sites for hydroxylation is 1. The molecule has 1 atom stereocenters. The quantitative estimate of drug-likeness (QED) is 0.762. The van der Waals surface area contributed by atoms with Crippen LogP contribution in [-0.2, 0) is 6.42 Å². The van der Waals surface area contributed by atoms with E-state index in [1.807, 2.05) is 0 Å². The van der Waals surface area contributed by atoms with E-state index in [2.05, 4.69) is 0 Å². The Balaban J connectivity index is 2.78. The molecule has 1 rings (SSSR count). The van der Waals surface area contributed by atoms with Crippen LogP contribution in [0.2, 0.25) is 0 Å². The van der Waals surface area contributed by atoms with Crippen LogP contribution in [-0.4, -0.2) is 17.4 Å². The van der Waals surface area contributed by atoms with E-state index in [0.717, 1.165) is 6.07 Å². The van der Waals surface area contributed by atoms with E-state index in [4.69, 9.17) is 5.11 Å². The van der Waals surface area contributed by atoms with Gasteiger partial charge in [-0.15, -0.1) is 0 Å². The van der Waals surface area contributed by atoms with Crippen molar-refractivity contribution >= 4 is 0 Å². The van der Waals surface area contributed by atoms with Gasteiger partial charge in [-0.3, -0.25) is 0 Å². The highest BCUT2D eigenvalue weighted by molar-refractivity contribution is 5.23. The molecule has 1 aromatic carbocycles. The average Bonchev–Trinajstić information content (AvgIpc) is 2.10. The Kier molecular flexibility index (Phi) is 3.34. The molecule has 0 saturated heterocycles. The maximum Gasteiger partial charge on any atom is 0.414 e. The molecule has 84 valence electrons. The second kappa shape index (κ2) is 4.18. The largest absolute Gasteiger partial charge is 0.414 e. The summed E-state index contributed by atoms with van der Waals surface area (Å²) in [6, 6.07) is 3.76. The molecule has 0 bridgehead atoms. The molecule has 0 fully saturated rings. The minimum Gasteiger partial charge on any atom is -0.383 e. The Morgan fingerprint density at radius 1 is 1.33 bits per heavy atom. The van der Waals surface area contributed by atoms with Crippen LogP contribution in [0.15, 0.2) is 18.2 Å². The molecule has 5 heteroatoms. The molecule has 0 aliphatic heterocycles. The molecular formula is C10H10F4O. The summed E-state index contributed by atoms with van der Waals surface area (Å²) < 4.78 is 48.9. The first-order valence-corrected chi connectivity index (χ1v) is 4.30. The molecule has 0 radical (unpaired) electrons. The van der Waals surface area contributed by atoms with Crippen molar-refractivity contribution in [2.45, 2.75) is 25.6 Å².